The summed E-state index contributed by atoms with van der Waals surface area (Å²) in [6.07, 6.45) is 1.83. The number of aryl methyl sites for hydroxylation is 1. The van der Waals surface area contributed by atoms with Crippen LogP contribution < -0.4 is 10.1 Å². The summed E-state index contributed by atoms with van der Waals surface area (Å²) >= 11 is 0. The number of carbonyl (C=O) groups excluding carboxylic acids is 1. The third-order valence-corrected chi connectivity index (χ3v) is 3.98. The van der Waals surface area contributed by atoms with Crippen molar-refractivity contribution in [2.45, 2.75) is 32.8 Å². The monoisotopic (exact) mass is 341 g/mol. The van der Waals surface area contributed by atoms with Crippen molar-refractivity contribution in [1.29, 1.82) is 0 Å². The first-order chi connectivity index (χ1) is 12.2. The second kappa shape index (κ2) is 10.5. The van der Waals surface area contributed by atoms with Crippen molar-refractivity contribution >= 4 is 5.91 Å². The molecule has 0 bridgehead atoms. The van der Waals surface area contributed by atoms with Crippen LogP contribution in [-0.2, 0) is 16.0 Å². The van der Waals surface area contributed by atoms with E-state index in [1.54, 1.807) is 0 Å². The molecule has 0 aliphatic rings. The first-order valence-electron chi connectivity index (χ1n) is 8.84. The predicted octanol–water partition coefficient (Wildman–Crippen LogP) is 3.91. The standard InChI is InChI=1S/C21H27NO3/c1-3-18-10-12-20(13-11-18)25-16-21(23)22-14-7-15-24-17(2)19-8-5-4-6-9-19/h4-6,8-13,17H,3,7,14-16H2,1-2H3,(H,22,23). The van der Waals surface area contributed by atoms with Crippen LogP contribution in [0, 0.1) is 0 Å². The second-order valence-electron chi connectivity index (χ2n) is 5.91. The van der Waals surface area contributed by atoms with E-state index in [0.29, 0.717) is 18.9 Å². The molecule has 0 spiro atoms. The number of benzene rings is 2. The first-order valence-corrected chi connectivity index (χ1v) is 8.84. The number of hydrogen-bond donors (Lipinski definition) is 1. The lowest BCUT2D eigenvalue weighted by molar-refractivity contribution is -0.123. The maximum absolute atomic E-state index is 11.8. The zero-order valence-corrected chi connectivity index (χ0v) is 15.0. The number of nitrogens with one attached hydrogen (secondary N) is 1. The average Bonchev–Trinajstić information content (AvgIpc) is 2.67. The summed E-state index contributed by atoms with van der Waals surface area (Å²) in [6.45, 7) is 5.36. The van der Waals surface area contributed by atoms with Gasteiger partial charge in [-0.3, -0.25) is 4.79 Å². The fourth-order valence-electron chi connectivity index (χ4n) is 2.40. The van der Waals surface area contributed by atoms with E-state index in [1.165, 1.54) is 5.56 Å². The van der Waals surface area contributed by atoms with E-state index in [4.69, 9.17) is 9.47 Å². The van der Waals surface area contributed by atoms with Crippen molar-refractivity contribution in [1.82, 2.24) is 5.32 Å². The Kier molecular flexibility index (Phi) is 7.99. The zero-order valence-electron chi connectivity index (χ0n) is 15.0. The van der Waals surface area contributed by atoms with Crippen LogP contribution in [0.4, 0.5) is 0 Å². The zero-order chi connectivity index (χ0) is 17.9. The van der Waals surface area contributed by atoms with Gasteiger partial charge in [0, 0.05) is 13.2 Å². The molecule has 134 valence electrons. The Morgan fingerprint density at radius 2 is 1.80 bits per heavy atom. The molecule has 2 aromatic rings. The molecule has 4 heteroatoms. The highest BCUT2D eigenvalue weighted by atomic mass is 16.5. The largest absolute Gasteiger partial charge is 0.484 e. The minimum Gasteiger partial charge on any atom is -0.484 e. The predicted molar refractivity (Wildman–Crippen MR) is 99.8 cm³/mol. The smallest absolute Gasteiger partial charge is 0.257 e. The molecule has 0 aromatic heterocycles. The van der Waals surface area contributed by atoms with Crippen LogP contribution in [0.1, 0.15) is 37.5 Å². The molecule has 4 nitrogen and oxygen atoms in total. The van der Waals surface area contributed by atoms with Gasteiger partial charge >= 0.3 is 0 Å². The van der Waals surface area contributed by atoms with Crippen molar-refractivity contribution in [3.05, 3.63) is 65.7 Å². The molecule has 25 heavy (non-hydrogen) atoms. The summed E-state index contributed by atoms with van der Waals surface area (Å²) in [5, 5.41) is 2.85. The minimum absolute atomic E-state index is 0.0345. The minimum atomic E-state index is -0.115. The van der Waals surface area contributed by atoms with Crippen molar-refractivity contribution in [2.75, 3.05) is 19.8 Å². The maximum Gasteiger partial charge on any atom is 0.257 e. The number of carbonyl (C=O) groups is 1. The molecule has 0 radical (unpaired) electrons. The van der Waals surface area contributed by atoms with Crippen molar-refractivity contribution in [3.63, 3.8) is 0 Å². The fraction of sp³-hybridized carbons (Fsp3) is 0.381. The molecule has 2 aromatic carbocycles. The van der Waals surface area contributed by atoms with Gasteiger partial charge in [0.15, 0.2) is 6.61 Å². The average molecular weight is 341 g/mol. The number of amides is 1. The van der Waals surface area contributed by atoms with Gasteiger partial charge in [-0.05, 0) is 43.0 Å². The fourth-order valence-corrected chi connectivity index (χ4v) is 2.40. The van der Waals surface area contributed by atoms with E-state index in [-0.39, 0.29) is 18.6 Å². The highest BCUT2D eigenvalue weighted by Crippen LogP contribution is 2.15. The van der Waals surface area contributed by atoms with Gasteiger partial charge in [0.25, 0.3) is 5.91 Å². The summed E-state index contributed by atoms with van der Waals surface area (Å²) in [5.41, 5.74) is 2.41. The van der Waals surface area contributed by atoms with E-state index >= 15 is 0 Å². The van der Waals surface area contributed by atoms with Gasteiger partial charge in [0.05, 0.1) is 6.10 Å². The summed E-state index contributed by atoms with van der Waals surface area (Å²) in [5.74, 6) is 0.600. The van der Waals surface area contributed by atoms with E-state index in [9.17, 15) is 4.79 Å². The van der Waals surface area contributed by atoms with E-state index in [1.807, 2.05) is 49.4 Å². The Morgan fingerprint density at radius 3 is 2.48 bits per heavy atom. The Labute approximate surface area is 150 Å². The summed E-state index contributed by atoms with van der Waals surface area (Å²) in [4.78, 5) is 11.8. The normalized spacial score (nSPS) is 11.8. The summed E-state index contributed by atoms with van der Waals surface area (Å²) < 4.78 is 11.3. The van der Waals surface area contributed by atoms with Crippen LogP contribution in [0.25, 0.3) is 0 Å². The van der Waals surface area contributed by atoms with Gasteiger partial charge in [0.1, 0.15) is 5.75 Å². The highest BCUT2D eigenvalue weighted by Gasteiger charge is 2.05. The first kappa shape index (κ1) is 19.0. The van der Waals surface area contributed by atoms with Gasteiger partial charge in [-0.25, -0.2) is 0 Å². The lowest BCUT2D eigenvalue weighted by atomic mass is 10.1. The van der Waals surface area contributed by atoms with Gasteiger partial charge < -0.3 is 14.8 Å². The summed E-state index contributed by atoms with van der Waals surface area (Å²) in [6, 6.07) is 17.9. The molecule has 1 unspecified atom stereocenters. The van der Waals surface area contributed by atoms with Gasteiger partial charge in [-0.1, -0.05) is 49.4 Å². The molecule has 0 aliphatic heterocycles. The number of hydrogen-bond acceptors (Lipinski definition) is 3. The van der Waals surface area contributed by atoms with Crippen molar-refractivity contribution in [2.24, 2.45) is 0 Å². The molecule has 0 saturated carbocycles. The van der Waals surface area contributed by atoms with E-state index < -0.39 is 0 Å². The quantitative estimate of drug-likeness (QED) is 0.667. The Bertz CT molecular complexity index is 625. The molecule has 1 amide bonds. The van der Waals surface area contributed by atoms with E-state index in [2.05, 4.69) is 24.4 Å². The maximum atomic E-state index is 11.8. The Hall–Kier alpha value is -2.33. The topological polar surface area (TPSA) is 47.6 Å². The van der Waals surface area contributed by atoms with Crippen LogP contribution in [0.5, 0.6) is 5.75 Å². The molecular weight excluding hydrogens is 314 g/mol. The lowest BCUT2D eigenvalue weighted by Crippen LogP contribution is -2.30. The van der Waals surface area contributed by atoms with Crippen LogP contribution in [0.3, 0.4) is 0 Å². The van der Waals surface area contributed by atoms with Crippen LogP contribution in [0.2, 0.25) is 0 Å². The Morgan fingerprint density at radius 1 is 1.08 bits per heavy atom. The molecular formula is C21H27NO3. The third-order valence-electron chi connectivity index (χ3n) is 3.98. The highest BCUT2D eigenvalue weighted by molar-refractivity contribution is 5.77. The molecule has 0 saturated heterocycles. The molecule has 0 fully saturated rings. The van der Waals surface area contributed by atoms with Crippen molar-refractivity contribution in [3.8, 4) is 5.75 Å². The number of rotatable bonds is 10. The summed E-state index contributed by atoms with van der Waals surface area (Å²) in [7, 11) is 0. The van der Waals surface area contributed by atoms with Gasteiger partial charge in [0.2, 0.25) is 0 Å². The molecule has 1 atom stereocenters. The number of ether oxygens (including phenoxy) is 2. The SMILES string of the molecule is CCc1ccc(OCC(=O)NCCCOC(C)c2ccccc2)cc1. The van der Waals surface area contributed by atoms with Crippen LogP contribution >= 0.6 is 0 Å². The van der Waals surface area contributed by atoms with Crippen LogP contribution in [0.15, 0.2) is 54.6 Å². The van der Waals surface area contributed by atoms with E-state index in [0.717, 1.165) is 18.4 Å². The van der Waals surface area contributed by atoms with Crippen LogP contribution in [-0.4, -0.2) is 25.7 Å². The van der Waals surface area contributed by atoms with Gasteiger partial charge in [-0.15, -0.1) is 0 Å². The third kappa shape index (κ3) is 6.98. The molecule has 2 rings (SSSR count). The Balaban J connectivity index is 1.56. The van der Waals surface area contributed by atoms with Gasteiger partial charge in [-0.2, -0.15) is 0 Å². The van der Waals surface area contributed by atoms with Crippen molar-refractivity contribution < 1.29 is 14.3 Å². The second-order valence-corrected chi connectivity index (χ2v) is 5.91. The molecule has 1 N–H and O–H groups in total. The molecule has 0 heterocycles. The molecule has 0 aliphatic carbocycles. The lowest BCUT2D eigenvalue weighted by Gasteiger charge is -2.13.